The Labute approximate surface area is 180 Å². The largest absolute Gasteiger partial charge is 0.374 e. The Morgan fingerprint density at radius 2 is 1.83 bits per heavy atom. The van der Waals surface area contributed by atoms with Crippen LogP contribution in [0, 0.1) is 0 Å². The summed E-state index contributed by atoms with van der Waals surface area (Å²) in [6, 6.07) is 14.9. The highest BCUT2D eigenvalue weighted by Gasteiger charge is 2.09. The van der Waals surface area contributed by atoms with Crippen LogP contribution in [-0.2, 0) is 11.3 Å². The molecule has 0 bridgehead atoms. The van der Waals surface area contributed by atoms with Crippen LogP contribution < -0.4 is 9.47 Å². The monoisotopic (exact) mass is 413 g/mol. The number of thioether (sulfide) groups is 1. The molecule has 4 nitrogen and oxygen atoms in total. The van der Waals surface area contributed by atoms with Crippen molar-refractivity contribution in [2.75, 3.05) is 51.9 Å². The van der Waals surface area contributed by atoms with Gasteiger partial charge in [-0.15, -0.1) is 0 Å². The van der Waals surface area contributed by atoms with Crippen LogP contribution in [0.15, 0.2) is 48.7 Å². The number of pyridine rings is 1. The van der Waals surface area contributed by atoms with Gasteiger partial charge in [0.15, 0.2) is 17.9 Å². The Kier molecular flexibility index (Phi) is 8.93. The second-order valence-electron chi connectivity index (χ2n) is 8.37. The van der Waals surface area contributed by atoms with Crippen molar-refractivity contribution in [1.82, 2.24) is 0 Å². The summed E-state index contributed by atoms with van der Waals surface area (Å²) in [7, 11) is 8.87. The maximum Gasteiger partial charge on any atom is 0.205 e. The van der Waals surface area contributed by atoms with Gasteiger partial charge < -0.3 is 9.38 Å². The summed E-state index contributed by atoms with van der Waals surface area (Å²) in [6.07, 6.45) is 7.52. The van der Waals surface area contributed by atoms with Crippen LogP contribution in [0.5, 0.6) is 0 Å². The molecule has 0 aliphatic rings. The van der Waals surface area contributed by atoms with Gasteiger partial charge in [0.25, 0.3) is 0 Å². The maximum absolute atomic E-state index is 11.1. The fraction of sp³-hybridized carbons (Fsp3) is 0.417. The molecule has 0 spiro atoms. The van der Waals surface area contributed by atoms with Gasteiger partial charge in [-0.3, -0.25) is 4.79 Å². The normalized spacial score (nSPS) is 11.8. The highest BCUT2D eigenvalue weighted by molar-refractivity contribution is 8.13. The van der Waals surface area contributed by atoms with Crippen molar-refractivity contribution in [2.45, 2.75) is 19.9 Å². The van der Waals surface area contributed by atoms with Gasteiger partial charge in [-0.2, -0.15) is 4.57 Å². The summed E-state index contributed by atoms with van der Waals surface area (Å²) in [4.78, 5) is 13.5. The van der Waals surface area contributed by atoms with E-state index in [4.69, 9.17) is 0 Å². The number of aryl methyl sites for hydroxylation is 1. The summed E-state index contributed by atoms with van der Waals surface area (Å²) in [5, 5.41) is 0.168. The molecule has 1 aromatic heterocycles. The maximum atomic E-state index is 11.1. The van der Waals surface area contributed by atoms with Gasteiger partial charge >= 0.3 is 0 Å². The molecule has 5 heteroatoms. The molecule has 0 saturated heterocycles. The Balaban J connectivity index is 1.95. The molecular weight excluding hydrogens is 378 g/mol. The van der Waals surface area contributed by atoms with Crippen molar-refractivity contribution in [1.29, 1.82) is 0 Å². The molecule has 1 aromatic carbocycles. The van der Waals surface area contributed by atoms with Crippen LogP contribution >= 0.6 is 11.8 Å². The molecule has 0 aliphatic heterocycles. The molecule has 0 atom stereocenters. The van der Waals surface area contributed by atoms with Crippen LogP contribution in [0.3, 0.4) is 0 Å². The van der Waals surface area contributed by atoms with Gasteiger partial charge in [0.2, 0.25) is 5.69 Å². The zero-order chi connectivity index (χ0) is 21.3. The molecule has 156 valence electrons. The minimum Gasteiger partial charge on any atom is -0.374 e. The fourth-order valence-electron chi connectivity index (χ4n) is 3.07. The molecule has 0 saturated carbocycles. The third-order valence-electron chi connectivity index (χ3n) is 4.72. The smallest absolute Gasteiger partial charge is 0.205 e. The molecule has 0 radical (unpaired) electrons. The van der Waals surface area contributed by atoms with E-state index in [0.717, 1.165) is 29.0 Å². The van der Waals surface area contributed by atoms with E-state index >= 15 is 0 Å². The third-order valence-corrected chi connectivity index (χ3v) is 5.51. The molecule has 2 rings (SSSR count). The van der Waals surface area contributed by atoms with E-state index in [1.54, 1.807) is 6.92 Å². The van der Waals surface area contributed by atoms with Crippen molar-refractivity contribution in [3.63, 3.8) is 0 Å². The number of anilines is 1. The van der Waals surface area contributed by atoms with Gasteiger partial charge in [0, 0.05) is 50.8 Å². The first-order chi connectivity index (χ1) is 13.7. The van der Waals surface area contributed by atoms with Crippen LogP contribution in [0.1, 0.15) is 24.6 Å². The van der Waals surface area contributed by atoms with Gasteiger partial charge in [-0.05, 0) is 29.8 Å². The first-order valence-electron chi connectivity index (χ1n) is 10.2. The zero-order valence-electron chi connectivity index (χ0n) is 18.5. The number of rotatable bonds is 10. The second kappa shape index (κ2) is 11.2. The minimum atomic E-state index is 0.168. The summed E-state index contributed by atoms with van der Waals surface area (Å²) in [6.45, 7) is 4.67. The quantitative estimate of drug-likeness (QED) is 0.435. The number of aromatic nitrogens is 1. The zero-order valence-corrected chi connectivity index (χ0v) is 19.3. The van der Waals surface area contributed by atoms with E-state index in [-0.39, 0.29) is 5.12 Å². The third kappa shape index (κ3) is 8.84. The molecule has 0 fully saturated rings. The molecule has 0 amide bonds. The lowest BCUT2D eigenvalue weighted by atomic mass is 10.1. The van der Waals surface area contributed by atoms with Gasteiger partial charge in [-0.1, -0.05) is 23.9 Å². The topological polar surface area (TPSA) is 24.2 Å². The highest BCUT2D eigenvalue weighted by Crippen LogP contribution is 2.16. The molecule has 1 heterocycles. The van der Waals surface area contributed by atoms with E-state index in [9.17, 15) is 4.79 Å². The first-order valence-corrected chi connectivity index (χ1v) is 11.1. The number of nitrogens with zero attached hydrogens (tertiary/aromatic N) is 3. The van der Waals surface area contributed by atoms with Gasteiger partial charge in [-0.25, -0.2) is 0 Å². The number of carbonyl (C=O) groups excluding carboxylic acids is 1. The molecule has 0 N–H and O–H groups in total. The van der Waals surface area contributed by atoms with E-state index in [2.05, 4.69) is 86.3 Å². The Bertz CT molecular complexity index is 810. The van der Waals surface area contributed by atoms with Crippen LogP contribution in [0.2, 0.25) is 0 Å². The van der Waals surface area contributed by atoms with Crippen LogP contribution in [-0.4, -0.2) is 56.6 Å². The number of hydrogen-bond donors (Lipinski definition) is 0. The number of carbonyl (C=O) groups is 1. The molecule has 2 aromatic rings. The lowest BCUT2D eigenvalue weighted by Crippen LogP contribution is -2.37. The Morgan fingerprint density at radius 1 is 1.10 bits per heavy atom. The predicted molar refractivity (Wildman–Crippen MR) is 126 cm³/mol. The van der Waals surface area contributed by atoms with E-state index in [0.29, 0.717) is 0 Å². The summed E-state index contributed by atoms with van der Waals surface area (Å²) >= 11 is 1.37. The van der Waals surface area contributed by atoms with E-state index < -0.39 is 0 Å². The Morgan fingerprint density at radius 3 is 2.48 bits per heavy atom. The van der Waals surface area contributed by atoms with Crippen molar-refractivity contribution in [2.24, 2.45) is 0 Å². The number of quaternary nitrogens is 1. The van der Waals surface area contributed by atoms with Crippen molar-refractivity contribution < 1.29 is 13.8 Å². The average Bonchev–Trinajstić information content (AvgIpc) is 2.66. The summed E-state index contributed by atoms with van der Waals surface area (Å²) in [5.41, 5.74) is 3.57. The number of hydrogen-bond acceptors (Lipinski definition) is 3. The van der Waals surface area contributed by atoms with E-state index in [1.165, 1.54) is 36.0 Å². The average molecular weight is 414 g/mol. The second-order valence-corrected chi connectivity index (χ2v) is 9.64. The molecule has 0 aliphatic carbocycles. The predicted octanol–water partition coefficient (Wildman–Crippen LogP) is 3.96. The molecule has 0 unspecified atom stereocenters. The highest BCUT2D eigenvalue weighted by atomic mass is 32.2. The van der Waals surface area contributed by atoms with Crippen molar-refractivity contribution in [3.05, 3.63) is 59.9 Å². The van der Waals surface area contributed by atoms with Gasteiger partial charge in [0.1, 0.15) is 0 Å². The lowest BCUT2D eigenvalue weighted by molar-refractivity contribution is -0.870. The van der Waals surface area contributed by atoms with Crippen molar-refractivity contribution >= 4 is 34.7 Å². The SMILES string of the molecule is CC(=O)SCC[n+]1ccccc1C=Cc1ccc(N(C)CCC[N+](C)(C)C)cc1. The standard InChI is InChI=1S/C24H35N3OS/c1-21(28)29-20-18-26-17-7-6-9-24(26)15-12-22-10-13-23(14-11-22)25(2)16-8-19-27(3,4)5/h6-7,9-15,17H,8,16,18-20H2,1-5H3/q+2. The van der Waals surface area contributed by atoms with Crippen LogP contribution in [0.4, 0.5) is 5.69 Å². The summed E-state index contributed by atoms with van der Waals surface area (Å²) in [5.74, 6) is 0.792. The lowest BCUT2D eigenvalue weighted by Gasteiger charge is -2.26. The number of benzene rings is 1. The minimum absolute atomic E-state index is 0.168. The molecule has 29 heavy (non-hydrogen) atoms. The summed E-state index contributed by atoms with van der Waals surface area (Å²) < 4.78 is 3.19. The van der Waals surface area contributed by atoms with E-state index in [1.807, 2.05) is 12.1 Å². The first kappa shape index (κ1) is 23.2. The molecular formula is C24H35N3OS+2. The van der Waals surface area contributed by atoms with Gasteiger partial charge in [0.05, 0.1) is 33.4 Å². The fourth-order valence-corrected chi connectivity index (χ4v) is 3.64. The Hall–Kier alpha value is -2.11. The van der Waals surface area contributed by atoms with Crippen LogP contribution in [0.25, 0.3) is 12.2 Å². The van der Waals surface area contributed by atoms with Crippen molar-refractivity contribution in [3.8, 4) is 0 Å².